The topological polar surface area (TPSA) is 62.3 Å². The molecule has 0 aliphatic carbocycles. The molecular weight excluding hydrogens is 266 g/mol. The SMILES string of the molecule is COc1ccc(CC(C)(N)Cc2nccn2C)cc1OC. The Morgan fingerprint density at radius 2 is 1.90 bits per heavy atom. The summed E-state index contributed by atoms with van der Waals surface area (Å²) < 4.78 is 12.6. The Morgan fingerprint density at radius 3 is 2.48 bits per heavy atom. The minimum Gasteiger partial charge on any atom is -0.493 e. The summed E-state index contributed by atoms with van der Waals surface area (Å²) in [5.41, 5.74) is 7.19. The Balaban J connectivity index is 2.14. The Bertz CT molecular complexity index is 605. The average molecular weight is 289 g/mol. The highest BCUT2D eigenvalue weighted by atomic mass is 16.5. The zero-order valence-electron chi connectivity index (χ0n) is 13.1. The quantitative estimate of drug-likeness (QED) is 0.883. The summed E-state index contributed by atoms with van der Waals surface area (Å²) in [6, 6.07) is 5.90. The molecule has 1 unspecified atom stereocenters. The lowest BCUT2D eigenvalue weighted by Gasteiger charge is -2.25. The summed E-state index contributed by atoms with van der Waals surface area (Å²) in [6.07, 6.45) is 5.18. The lowest BCUT2D eigenvalue weighted by atomic mass is 9.90. The van der Waals surface area contributed by atoms with Gasteiger partial charge in [0.2, 0.25) is 0 Å². The molecule has 0 saturated heterocycles. The third-order valence-corrected chi connectivity index (χ3v) is 3.54. The lowest BCUT2D eigenvalue weighted by Crippen LogP contribution is -2.41. The number of nitrogens with zero attached hydrogens (tertiary/aromatic N) is 2. The molecule has 1 aromatic heterocycles. The number of rotatable bonds is 6. The van der Waals surface area contributed by atoms with Gasteiger partial charge in [-0.2, -0.15) is 0 Å². The molecule has 1 aromatic carbocycles. The van der Waals surface area contributed by atoms with Crippen molar-refractivity contribution in [1.82, 2.24) is 9.55 Å². The van der Waals surface area contributed by atoms with Crippen molar-refractivity contribution in [1.29, 1.82) is 0 Å². The van der Waals surface area contributed by atoms with Gasteiger partial charge in [0.25, 0.3) is 0 Å². The first-order valence-electron chi connectivity index (χ1n) is 6.91. The van der Waals surface area contributed by atoms with Crippen LogP contribution < -0.4 is 15.2 Å². The van der Waals surface area contributed by atoms with E-state index in [-0.39, 0.29) is 5.54 Å². The van der Waals surface area contributed by atoms with E-state index >= 15 is 0 Å². The molecule has 0 amide bonds. The van der Waals surface area contributed by atoms with Crippen molar-refractivity contribution in [2.24, 2.45) is 12.8 Å². The molecule has 5 heteroatoms. The van der Waals surface area contributed by atoms with E-state index in [1.165, 1.54) is 0 Å². The van der Waals surface area contributed by atoms with E-state index in [0.717, 1.165) is 29.3 Å². The van der Waals surface area contributed by atoms with Crippen LogP contribution in [0.1, 0.15) is 18.3 Å². The first kappa shape index (κ1) is 15.4. The molecule has 1 heterocycles. The summed E-state index contributed by atoms with van der Waals surface area (Å²) in [6.45, 7) is 2.04. The number of methoxy groups -OCH3 is 2. The molecule has 114 valence electrons. The van der Waals surface area contributed by atoms with Gasteiger partial charge < -0.3 is 19.8 Å². The van der Waals surface area contributed by atoms with Crippen molar-refractivity contribution in [3.05, 3.63) is 42.0 Å². The largest absolute Gasteiger partial charge is 0.493 e. The van der Waals surface area contributed by atoms with E-state index in [4.69, 9.17) is 15.2 Å². The molecule has 2 aromatic rings. The highest BCUT2D eigenvalue weighted by molar-refractivity contribution is 5.43. The fourth-order valence-corrected chi connectivity index (χ4v) is 2.45. The number of aromatic nitrogens is 2. The number of nitrogens with two attached hydrogens (primary N) is 1. The molecule has 0 fully saturated rings. The van der Waals surface area contributed by atoms with Gasteiger partial charge in [0.15, 0.2) is 11.5 Å². The fraction of sp³-hybridized carbons (Fsp3) is 0.438. The second-order valence-corrected chi connectivity index (χ2v) is 5.65. The van der Waals surface area contributed by atoms with Crippen LogP contribution in [0.3, 0.4) is 0 Å². The van der Waals surface area contributed by atoms with Gasteiger partial charge in [-0.3, -0.25) is 0 Å². The molecule has 0 aliphatic rings. The zero-order valence-corrected chi connectivity index (χ0v) is 13.1. The van der Waals surface area contributed by atoms with Crippen molar-refractivity contribution in [2.45, 2.75) is 25.3 Å². The average Bonchev–Trinajstić information content (AvgIpc) is 2.83. The molecule has 1 atom stereocenters. The zero-order chi connectivity index (χ0) is 15.5. The third-order valence-electron chi connectivity index (χ3n) is 3.54. The van der Waals surface area contributed by atoms with Crippen molar-refractivity contribution < 1.29 is 9.47 Å². The minimum absolute atomic E-state index is 0.376. The molecule has 0 aliphatic heterocycles. The standard InChI is InChI=1S/C16H23N3O2/c1-16(17,11-15-18-7-8-19(15)2)10-12-5-6-13(20-3)14(9-12)21-4/h5-9H,10-11,17H2,1-4H3. The lowest BCUT2D eigenvalue weighted by molar-refractivity contribution is 0.353. The predicted octanol–water partition coefficient (Wildman–Crippen LogP) is 1.94. The van der Waals surface area contributed by atoms with Crippen molar-refractivity contribution in [3.63, 3.8) is 0 Å². The number of imidazole rings is 1. The van der Waals surface area contributed by atoms with E-state index in [1.54, 1.807) is 20.4 Å². The van der Waals surface area contributed by atoms with E-state index in [9.17, 15) is 0 Å². The van der Waals surface area contributed by atoms with Crippen LogP contribution in [0.5, 0.6) is 11.5 Å². The second-order valence-electron chi connectivity index (χ2n) is 5.65. The van der Waals surface area contributed by atoms with E-state index < -0.39 is 0 Å². The Kier molecular flexibility index (Phi) is 4.53. The molecule has 2 rings (SSSR count). The van der Waals surface area contributed by atoms with Gasteiger partial charge in [-0.1, -0.05) is 6.07 Å². The van der Waals surface area contributed by atoms with Gasteiger partial charge in [-0.25, -0.2) is 4.98 Å². The smallest absolute Gasteiger partial charge is 0.160 e. The van der Waals surface area contributed by atoms with Crippen LogP contribution in [0.2, 0.25) is 0 Å². The molecule has 2 N–H and O–H groups in total. The maximum atomic E-state index is 6.45. The normalized spacial score (nSPS) is 13.8. The molecule has 21 heavy (non-hydrogen) atoms. The van der Waals surface area contributed by atoms with Crippen LogP contribution in [0, 0.1) is 0 Å². The summed E-state index contributed by atoms with van der Waals surface area (Å²) in [7, 11) is 5.25. The monoisotopic (exact) mass is 289 g/mol. The summed E-state index contributed by atoms with van der Waals surface area (Å²) in [5.74, 6) is 2.44. The number of aryl methyl sites for hydroxylation is 1. The van der Waals surface area contributed by atoms with Crippen LogP contribution in [0.15, 0.2) is 30.6 Å². The number of ether oxygens (including phenoxy) is 2. The molecule has 5 nitrogen and oxygen atoms in total. The number of hydrogen-bond acceptors (Lipinski definition) is 4. The molecule has 0 bridgehead atoms. The highest BCUT2D eigenvalue weighted by Gasteiger charge is 2.22. The van der Waals surface area contributed by atoms with Gasteiger partial charge in [0, 0.05) is 31.4 Å². The van der Waals surface area contributed by atoms with Gasteiger partial charge in [-0.05, 0) is 31.0 Å². The van der Waals surface area contributed by atoms with Crippen molar-refractivity contribution in [3.8, 4) is 11.5 Å². The predicted molar refractivity (Wildman–Crippen MR) is 82.8 cm³/mol. The Morgan fingerprint density at radius 1 is 1.19 bits per heavy atom. The molecular formula is C16H23N3O2. The summed E-state index contributed by atoms with van der Waals surface area (Å²) >= 11 is 0. The fourth-order valence-electron chi connectivity index (χ4n) is 2.45. The van der Waals surface area contributed by atoms with E-state index in [2.05, 4.69) is 4.98 Å². The number of benzene rings is 1. The van der Waals surface area contributed by atoms with Crippen LogP contribution in [-0.4, -0.2) is 29.3 Å². The summed E-state index contributed by atoms with van der Waals surface area (Å²) in [4.78, 5) is 4.34. The maximum Gasteiger partial charge on any atom is 0.160 e. The van der Waals surface area contributed by atoms with Crippen molar-refractivity contribution >= 4 is 0 Å². The van der Waals surface area contributed by atoms with Crippen LogP contribution in [0.4, 0.5) is 0 Å². The molecule has 0 spiro atoms. The van der Waals surface area contributed by atoms with E-state index in [1.807, 2.05) is 42.9 Å². The van der Waals surface area contributed by atoms with Crippen LogP contribution in [-0.2, 0) is 19.9 Å². The molecule has 0 saturated carbocycles. The number of hydrogen-bond donors (Lipinski definition) is 1. The van der Waals surface area contributed by atoms with Crippen molar-refractivity contribution in [2.75, 3.05) is 14.2 Å². The summed E-state index contributed by atoms with van der Waals surface area (Å²) in [5, 5.41) is 0. The van der Waals surface area contributed by atoms with Crippen LogP contribution >= 0.6 is 0 Å². The van der Waals surface area contributed by atoms with Gasteiger partial charge >= 0.3 is 0 Å². The first-order chi connectivity index (χ1) is 9.95. The Labute approximate surface area is 125 Å². The van der Waals surface area contributed by atoms with Gasteiger partial charge in [0.05, 0.1) is 14.2 Å². The first-order valence-corrected chi connectivity index (χ1v) is 6.91. The third kappa shape index (κ3) is 3.76. The molecule has 0 radical (unpaired) electrons. The highest BCUT2D eigenvalue weighted by Crippen LogP contribution is 2.29. The van der Waals surface area contributed by atoms with Crippen LogP contribution in [0.25, 0.3) is 0 Å². The maximum absolute atomic E-state index is 6.45. The minimum atomic E-state index is -0.376. The van der Waals surface area contributed by atoms with Gasteiger partial charge in [-0.15, -0.1) is 0 Å². The second kappa shape index (κ2) is 6.18. The Hall–Kier alpha value is -2.01. The van der Waals surface area contributed by atoms with E-state index in [0.29, 0.717) is 6.42 Å². The van der Waals surface area contributed by atoms with Gasteiger partial charge in [0.1, 0.15) is 5.82 Å².